The molecule has 1 atom stereocenters. The van der Waals surface area contributed by atoms with Crippen molar-refractivity contribution in [2.24, 2.45) is 0 Å². The number of halogens is 1. The third-order valence-corrected chi connectivity index (χ3v) is 3.32. The van der Waals surface area contributed by atoms with Gasteiger partial charge in [0.1, 0.15) is 17.3 Å². The number of rotatable bonds is 6. The predicted molar refractivity (Wildman–Crippen MR) is 82.2 cm³/mol. The molecule has 0 spiro atoms. The molecule has 3 nitrogen and oxygen atoms in total. The molecule has 0 saturated heterocycles. The Labute approximate surface area is 125 Å². The highest BCUT2D eigenvalue weighted by atomic mass is 19.1. The zero-order chi connectivity index (χ0) is 15.2. The third kappa shape index (κ3) is 4.02. The molecule has 0 aliphatic carbocycles. The van der Waals surface area contributed by atoms with Crippen LogP contribution in [-0.4, -0.2) is 11.5 Å². The summed E-state index contributed by atoms with van der Waals surface area (Å²) in [7, 11) is 0. The summed E-state index contributed by atoms with van der Waals surface area (Å²) < 4.78 is 19.5. The molecule has 0 aliphatic rings. The monoisotopic (exact) mass is 288 g/mol. The molecule has 2 aromatic rings. The zero-order valence-corrected chi connectivity index (χ0v) is 12.7. The molecular formula is C17H21FN2O. The van der Waals surface area contributed by atoms with Crippen molar-refractivity contribution in [2.75, 3.05) is 6.54 Å². The van der Waals surface area contributed by atoms with Gasteiger partial charge in [0.2, 0.25) is 0 Å². The lowest BCUT2D eigenvalue weighted by Gasteiger charge is -2.18. The minimum Gasteiger partial charge on any atom is -0.455 e. The van der Waals surface area contributed by atoms with E-state index in [4.69, 9.17) is 4.74 Å². The minimum atomic E-state index is -0.259. The van der Waals surface area contributed by atoms with Crippen LogP contribution in [0.25, 0.3) is 0 Å². The summed E-state index contributed by atoms with van der Waals surface area (Å²) in [6.45, 7) is 6.87. The Balaban J connectivity index is 2.28. The Morgan fingerprint density at radius 1 is 1.29 bits per heavy atom. The van der Waals surface area contributed by atoms with Gasteiger partial charge in [-0.3, -0.25) is 4.98 Å². The normalized spacial score (nSPS) is 12.2. The molecule has 0 fully saturated rings. The highest BCUT2D eigenvalue weighted by Crippen LogP contribution is 2.31. The summed E-state index contributed by atoms with van der Waals surface area (Å²) in [5, 5.41) is 3.35. The van der Waals surface area contributed by atoms with Crippen LogP contribution in [0.4, 0.5) is 4.39 Å². The van der Waals surface area contributed by atoms with Crippen molar-refractivity contribution < 1.29 is 9.13 Å². The van der Waals surface area contributed by atoms with Crippen molar-refractivity contribution in [2.45, 2.75) is 33.2 Å². The highest BCUT2D eigenvalue weighted by molar-refractivity contribution is 5.40. The van der Waals surface area contributed by atoms with Gasteiger partial charge in [-0.1, -0.05) is 6.92 Å². The maximum absolute atomic E-state index is 13.6. The summed E-state index contributed by atoms with van der Waals surface area (Å²) in [5.74, 6) is 1.09. The lowest BCUT2D eigenvalue weighted by atomic mass is 10.1. The van der Waals surface area contributed by atoms with Crippen LogP contribution in [0.3, 0.4) is 0 Å². The first-order valence-corrected chi connectivity index (χ1v) is 7.24. The number of aryl methyl sites for hydroxylation is 1. The Morgan fingerprint density at radius 3 is 2.81 bits per heavy atom. The number of hydrogen-bond acceptors (Lipinski definition) is 3. The SMILES string of the molecule is CCCNC(C)c1cc(F)ccc1Oc1cccnc1C. The molecule has 0 saturated carbocycles. The Bertz CT molecular complexity index is 601. The molecule has 0 aliphatic heterocycles. The van der Waals surface area contributed by atoms with E-state index >= 15 is 0 Å². The number of nitrogens with zero attached hydrogens (tertiary/aromatic N) is 1. The van der Waals surface area contributed by atoms with Gasteiger partial charge < -0.3 is 10.1 Å². The summed E-state index contributed by atoms with van der Waals surface area (Å²) in [4.78, 5) is 4.20. The Morgan fingerprint density at radius 2 is 2.10 bits per heavy atom. The topological polar surface area (TPSA) is 34.1 Å². The van der Waals surface area contributed by atoms with Crippen molar-refractivity contribution in [1.82, 2.24) is 10.3 Å². The fourth-order valence-electron chi connectivity index (χ4n) is 2.12. The van der Waals surface area contributed by atoms with E-state index in [1.807, 2.05) is 26.0 Å². The molecule has 0 bridgehead atoms. The third-order valence-electron chi connectivity index (χ3n) is 3.32. The second-order valence-corrected chi connectivity index (χ2v) is 5.05. The number of pyridine rings is 1. The average Bonchev–Trinajstić information content (AvgIpc) is 2.48. The van der Waals surface area contributed by atoms with Crippen molar-refractivity contribution in [1.29, 1.82) is 0 Å². The fourth-order valence-corrected chi connectivity index (χ4v) is 2.12. The number of aromatic nitrogens is 1. The largest absolute Gasteiger partial charge is 0.455 e. The maximum Gasteiger partial charge on any atom is 0.148 e. The van der Waals surface area contributed by atoms with E-state index in [2.05, 4.69) is 17.2 Å². The minimum absolute atomic E-state index is 0.0210. The average molecular weight is 288 g/mol. The van der Waals surface area contributed by atoms with Crippen LogP contribution in [0.2, 0.25) is 0 Å². The Hall–Kier alpha value is -1.94. The molecule has 112 valence electrons. The molecule has 2 rings (SSSR count). The number of benzene rings is 1. The molecule has 1 aromatic carbocycles. The van der Waals surface area contributed by atoms with Gasteiger partial charge in [-0.15, -0.1) is 0 Å². The molecule has 1 unspecified atom stereocenters. The molecule has 4 heteroatoms. The second kappa shape index (κ2) is 7.18. The van der Waals surface area contributed by atoms with Gasteiger partial charge in [0, 0.05) is 17.8 Å². The van der Waals surface area contributed by atoms with Crippen molar-refractivity contribution in [3.63, 3.8) is 0 Å². The Kier molecular flexibility index (Phi) is 5.28. The van der Waals surface area contributed by atoms with Crippen LogP contribution in [0.15, 0.2) is 36.5 Å². The van der Waals surface area contributed by atoms with E-state index in [0.717, 1.165) is 24.2 Å². The summed E-state index contributed by atoms with van der Waals surface area (Å²) in [5.41, 5.74) is 1.62. The van der Waals surface area contributed by atoms with Crippen LogP contribution >= 0.6 is 0 Å². The quantitative estimate of drug-likeness (QED) is 0.856. The van der Waals surface area contributed by atoms with Gasteiger partial charge in [0.25, 0.3) is 0 Å². The van der Waals surface area contributed by atoms with E-state index in [1.54, 1.807) is 12.3 Å². The van der Waals surface area contributed by atoms with E-state index in [-0.39, 0.29) is 11.9 Å². The molecule has 1 N–H and O–H groups in total. The van der Waals surface area contributed by atoms with Crippen molar-refractivity contribution in [3.8, 4) is 11.5 Å². The standard InChI is InChI=1S/C17H21FN2O/c1-4-9-19-12(2)15-11-14(18)7-8-17(15)21-16-6-5-10-20-13(16)3/h5-8,10-12,19H,4,9H2,1-3H3. The first-order chi connectivity index (χ1) is 10.1. The number of nitrogens with one attached hydrogen (secondary N) is 1. The van der Waals surface area contributed by atoms with E-state index < -0.39 is 0 Å². The molecule has 0 radical (unpaired) electrons. The summed E-state index contributed by atoms with van der Waals surface area (Å²) in [6, 6.07) is 8.31. The van der Waals surface area contributed by atoms with Gasteiger partial charge in [0.15, 0.2) is 0 Å². The van der Waals surface area contributed by atoms with E-state index in [0.29, 0.717) is 11.5 Å². The first-order valence-electron chi connectivity index (χ1n) is 7.24. The van der Waals surface area contributed by atoms with Crippen molar-refractivity contribution in [3.05, 3.63) is 53.6 Å². The molecule has 1 aromatic heterocycles. The number of hydrogen-bond donors (Lipinski definition) is 1. The van der Waals surface area contributed by atoms with Crippen molar-refractivity contribution >= 4 is 0 Å². The molecule has 1 heterocycles. The van der Waals surface area contributed by atoms with Gasteiger partial charge in [-0.05, 0) is 57.1 Å². The predicted octanol–water partition coefficient (Wildman–Crippen LogP) is 4.38. The summed E-state index contributed by atoms with van der Waals surface area (Å²) in [6.07, 6.45) is 2.75. The van der Waals surface area contributed by atoms with Crippen LogP contribution in [0, 0.1) is 12.7 Å². The first kappa shape index (κ1) is 15.4. The molecular weight excluding hydrogens is 267 g/mol. The van der Waals surface area contributed by atoms with Gasteiger partial charge in [-0.25, -0.2) is 4.39 Å². The second-order valence-electron chi connectivity index (χ2n) is 5.05. The van der Waals surface area contributed by atoms with Crippen LogP contribution < -0.4 is 10.1 Å². The molecule has 0 amide bonds. The van der Waals surface area contributed by atoms with Crippen LogP contribution in [0.1, 0.15) is 37.6 Å². The van der Waals surface area contributed by atoms with E-state index in [1.165, 1.54) is 12.1 Å². The van der Waals surface area contributed by atoms with Gasteiger partial charge >= 0.3 is 0 Å². The lowest BCUT2D eigenvalue weighted by Crippen LogP contribution is -2.20. The van der Waals surface area contributed by atoms with E-state index in [9.17, 15) is 4.39 Å². The summed E-state index contributed by atoms with van der Waals surface area (Å²) >= 11 is 0. The van der Waals surface area contributed by atoms with Gasteiger partial charge in [-0.2, -0.15) is 0 Å². The molecule has 21 heavy (non-hydrogen) atoms. The van der Waals surface area contributed by atoms with Gasteiger partial charge in [0.05, 0.1) is 5.69 Å². The van der Waals surface area contributed by atoms with Crippen LogP contribution in [-0.2, 0) is 0 Å². The maximum atomic E-state index is 13.6. The highest BCUT2D eigenvalue weighted by Gasteiger charge is 2.14. The number of ether oxygens (including phenoxy) is 1. The fraction of sp³-hybridized carbons (Fsp3) is 0.353. The van der Waals surface area contributed by atoms with Crippen LogP contribution in [0.5, 0.6) is 11.5 Å². The lowest BCUT2D eigenvalue weighted by molar-refractivity contribution is 0.452. The smallest absolute Gasteiger partial charge is 0.148 e. The zero-order valence-electron chi connectivity index (χ0n) is 12.7.